The standard InChI is InChI=1S/C15H25N3OS/c1-3-10-5-6-11(7-10)14-17-15(19-18-14)12-8-20-9-13(12)16-4-2/h10-13,16H,3-9H2,1-2H3. The number of aromatic nitrogens is 2. The van der Waals surface area contributed by atoms with Gasteiger partial charge in [-0.15, -0.1) is 0 Å². The summed E-state index contributed by atoms with van der Waals surface area (Å²) in [6, 6.07) is 0.491. The van der Waals surface area contributed by atoms with Crippen LogP contribution in [-0.2, 0) is 0 Å². The Labute approximate surface area is 125 Å². The lowest BCUT2D eigenvalue weighted by Gasteiger charge is -2.15. The number of hydrogen-bond acceptors (Lipinski definition) is 5. The van der Waals surface area contributed by atoms with Crippen LogP contribution in [0.25, 0.3) is 0 Å². The third-order valence-corrected chi connectivity index (χ3v) is 5.99. The summed E-state index contributed by atoms with van der Waals surface area (Å²) in [7, 11) is 0. The second-order valence-electron chi connectivity index (χ2n) is 6.08. The van der Waals surface area contributed by atoms with Gasteiger partial charge in [0.1, 0.15) is 0 Å². The molecule has 0 radical (unpaired) electrons. The minimum Gasteiger partial charge on any atom is -0.339 e. The van der Waals surface area contributed by atoms with E-state index in [4.69, 9.17) is 9.51 Å². The van der Waals surface area contributed by atoms with E-state index in [9.17, 15) is 0 Å². The van der Waals surface area contributed by atoms with Gasteiger partial charge >= 0.3 is 0 Å². The number of nitrogens with zero attached hydrogens (tertiary/aromatic N) is 2. The summed E-state index contributed by atoms with van der Waals surface area (Å²) in [4.78, 5) is 4.74. The second kappa shape index (κ2) is 6.48. The van der Waals surface area contributed by atoms with E-state index in [-0.39, 0.29) is 0 Å². The summed E-state index contributed by atoms with van der Waals surface area (Å²) < 4.78 is 5.59. The van der Waals surface area contributed by atoms with Crippen molar-refractivity contribution < 1.29 is 4.52 Å². The molecule has 3 rings (SSSR count). The lowest BCUT2D eigenvalue weighted by atomic mass is 10.0. The molecule has 112 valence electrons. The van der Waals surface area contributed by atoms with E-state index >= 15 is 0 Å². The van der Waals surface area contributed by atoms with Gasteiger partial charge in [0.05, 0.1) is 5.92 Å². The first-order valence-electron chi connectivity index (χ1n) is 7.96. The Morgan fingerprint density at radius 2 is 2.20 bits per heavy atom. The SMILES string of the molecule is CCNC1CSCC1c1nc(C2CCC(CC)C2)no1. The van der Waals surface area contributed by atoms with Gasteiger partial charge in [0.15, 0.2) is 5.82 Å². The number of likely N-dealkylation sites (N-methyl/N-ethyl adjacent to an activating group) is 1. The molecule has 1 aromatic heterocycles. The molecular formula is C15H25N3OS. The maximum atomic E-state index is 5.59. The lowest BCUT2D eigenvalue weighted by Crippen LogP contribution is -2.34. The van der Waals surface area contributed by atoms with E-state index in [1.165, 1.54) is 25.7 Å². The molecule has 0 spiro atoms. The molecule has 20 heavy (non-hydrogen) atoms. The minimum absolute atomic E-state index is 0.393. The Kier molecular flexibility index (Phi) is 4.66. The molecule has 2 fully saturated rings. The van der Waals surface area contributed by atoms with E-state index < -0.39 is 0 Å². The van der Waals surface area contributed by atoms with Crippen molar-refractivity contribution in [2.75, 3.05) is 18.1 Å². The average molecular weight is 295 g/mol. The smallest absolute Gasteiger partial charge is 0.232 e. The quantitative estimate of drug-likeness (QED) is 0.904. The highest BCUT2D eigenvalue weighted by Crippen LogP contribution is 2.39. The largest absolute Gasteiger partial charge is 0.339 e. The Hall–Kier alpha value is -0.550. The Bertz CT molecular complexity index is 437. The summed E-state index contributed by atoms with van der Waals surface area (Å²) in [5.74, 6) is 5.85. The molecule has 1 aromatic rings. The van der Waals surface area contributed by atoms with Crippen LogP contribution in [0.2, 0.25) is 0 Å². The first kappa shape index (κ1) is 14.4. The maximum absolute atomic E-state index is 5.59. The minimum atomic E-state index is 0.393. The van der Waals surface area contributed by atoms with Crippen molar-refractivity contribution >= 4 is 11.8 Å². The van der Waals surface area contributed by atoms with Crippen molar-refractivity contribution in [2.45, 2.75) is 57.4 Å². The van der Waals surface area contributed by atoms with Crippen molar-refractivity contribution in [1.82, 2.24) is 15.5 Å². The fourth-order valence-corrected chi connectivity index (χ4v) is 4.87. The van der Waals surface area contributed by atoms with Crippen molar-refractivity contribution in [2.24, 2.45) is 5.92 Å². The Morgan fingerprint density at radius 3 is 2.95 bits per heavy atom. The molecule has 1 saturated heterocycles. The third-order valence-electron chi connectivity index (χ3n) is 4.81. The van der Waals surface area contributed by atoms with Crippen LogP contribution in [0.15, 0.2) is 4.52 Å². The summed E-state index contributed by atoms with van der Waals surface area (Å²) in [6.07, 6.45) is 5.08. The zero-order chi connectivity index (χ0) is 13.9. The third kappa shape index (κ3) is 2.89. The van der Waals surface area contributed by atoms with E-state index in [0.29, 0.717) is 17.9 Å². The molecular weight excluding hydrogens is 270 g/mol. The van der Waals surface area contributed by atoms with Crippen LogP contribution in [0.4, 0.5) is 0 Å². The highest BCUT2D eigenvalue weighted by molar-refractivity contribution is 7.99. The zero-order valence-corrected chi connectivity index (χ0v) is 13.3. The van der Waals surface area contributed by atoms with Crippen molar-refractivity contribution in [3.8, 4) is 0 Å². The van der Waals surface area contributed by atoms with Crippen molar-refractivity contribution in [3.05, 3.63) is 11.7 Å². The van der Waals surface area contributed by atoms with Gasteiger partial charge in [0.25, 0.3) is 0 Å². The highest BCUT2D eigenvalue weighted by Gasteiger charge is 2.34. The van der Waals surface area contributed by atoms with Crippen LogP contribution >= 0.6 is 11.8 Å². The fourth-order valence-electron chi connectivity index (χ4n) is 3.50. The molecule has 4 atom stereocenters. The molecule has 4 nitrogen and oxygen atoms in total. The number of nitrogens with one attached hydrogen (secondary N) is 1. The molecule has 1 aliphatic heterocycles. The van der Waals surface area contributed by atoms with E-state index in [1.807, 2.05) is 11.8 Å². The molecule has 2 aliphatic rings. The van der Waals surface area contributed by atoms with Crippen molar-refractivity contribution in [3.63, 3.8) is 0 Å². The van der Waals surface area contributed by atoms with Crippen LogP contribution in [0.3, 0.4) is 0 Å². The van der Waals surface area contributed by atoms with E-state index in [0.717, 1.165) is 35.7 Å². The number of rotatable bonds is 5. The van der Waals surface area contributed by atoms with Gasteiger partial charge in [0.2, 0.25) is 5.89 Å². The van der Waals surface area contributed by atoms with Crippen molar-refractivity contribution in [1.29, 1.82) is 0 Å². The Morgan fingerprint density at radius 1 is 1.30 bits per heavy atom. The van der Waals surface area contributed by atoms with Gasteiger partial charge in [-0.2, -0.15) is 16.7 Å². The summed E-state index contributed by atoms with van der Waals surface area (Å²) >= 11 is 1.98. The first-order valence-corrected chi connectivity index (χ1v) is 9.11. The molecule has 5 heteroatoms. The van der Waals surface area contributed by atoms with Gasteiger partial charge < -0.3 is 9.84 Å². The second-order valence-corrected chi connectivity index (χ2v) is 7.16. The summed E-state index contributed by atoms with van der Waals surface area (Å²) in [6.45, 7) is 5.44. The van der Waals surface area contributed by atoms with Gasteiger partial charge in [-0.3, -0.25) is 0 Å². The first-order chi connectivity index (χ1) is 9.81. The molecule has 1 saturated carbocycles. The van der Waals surface area contributed by atoms with Crippen LogP contribution in [0, 0.1) is 5.92 Å². The van der Waals surface area contributed by atoms with Gasteiger partial charge in [-0.1, -0.05) is 25.4 Å². The van der Waals surface area contributed by atoms with E-state index in [2.05, 4.69) is 24.3 Å². The molecule has 1 aliphatic carbocycles. The molecule has 4 unspecified atom stereocenters. The summed E-state index contributed by atoms with van der Waals surface area (Å²) in [5.41, 5.74) is 0. The lowest BCUT2D eigenvalue weighted by molar-refractivity contribution is 0.335. The van der Waals surface area contributed by atoms with E-state index in [1.54, 1.807) is 0 Å². The number of hydrogen-bond donors (Lipinski definition) is 1. The zero-order valence-electron chi connectivity index (χ0n) is 12.5. The van der Waals surface area contributed by atoms with Gasteiger partial charge in [0, 0.05) is 23.5 Å². The molecule has 0 aromatic carbocycles. The Balaban J connectivity index is 1.67. The monoisotopic (exact) mass is 295 g/mol. The molecule has 1 N–H and O–H groups in total. The average Bonchev–Trinajstić information content (AvgIpc) is 3.18. The van der Waals surface area contributed by atoms with Crippen LogP contribution in [-0.4, -0.2) is 34.2 Å². The van der Waals surface area contributed by atoms with Crippen LogP contribution in [0.5, 0.6) is 0 Å². The topological polar surface area (TPSA) is 51.0 Å². The molecule has 0 amide bonds. The predicted octanol–water partition coefficient (Wildman–Crippen LogP) is 3.17. The molecule has 0 bridgehead atoms. The molecule has 2 heterocycles. The maximum Gasteiger partial charge on any atom is 0.232 e. The highest BCUT2D eigenvalue weighted by atomic mass is 32.2. The van der Waals surface area contributed by atoms with Gasteiger partial charge in [-0.05, 0) is 31.7 Å². The normalized spacial score (nSPS) is 33.9. The number of thioether (sulfide) groups is 1. The van der Waals surface area contributed by atoms with Crippen LogP contribution in [0.1, 0.15) is 63.1 Å². The van der Waals surface area contributed by atoms with Gasteiger partial charge in [-0.25, -0.2) is 0 Å². The van der Waals surface area contributed by atoms with Crippen LogP contribution < -0.4 is 5.32 Å². The fraction of sp³-hybridized carbons (Fsp3) is 0.867. The summed E-state index contributed by atoms with van der Waals surface area (Å²) in [5, 5.41) is 7.82. The predicted molar refractivity (Wildman–Crippen MR) is 82.2 cm³/mol.